The number of nitrogens with two attached hydrogens (primary N) is 1. The van der Waals surface area contributed by atoms with Crippen LogP contribution in [0.2, 0.25) is 0 Å². The number of halogens is 3. The van der Waals surface area contributed by atoms with Crippen LogP contribution in [0.15, 0.2) is 53.3 Å². The molecule has 7 rings (SSSR count). The van der Waals surface area contributed by atoms with E-state index in [-0.39, 0.29) is 11.6 Å². The molecule has 2 N–H and O–H groups in total. The molecule has 9 nitrogen and oxygen atoms in total. The Labute approximate surface area is 240 Å². The molecule has 12 heteroatoms. The summed E-state index contributed by atoms with van der Waals surface area (Å²) in [6.07, 6.45) is 1.31. The minimum atomic E-state index is -4.45. The van der Waals surface area contributed by atoms with Gasteiger partial charge in [0.05, 0.1) is 17.0 Å². The van der Waals surface area contributed by atoms with Gasteiger partial charge in [-0.2, -0.15) is 18.3 Å². The van der Waals surface area contributed by atoms with Crippen molar-refractivity contribution in [3.63, 3.8) is 0 Å². The first-order chi connectivity index (χ1) is 20.3. The van der Waals surface area contributed by atoms with E-state index in [1.165, 1.54) is 12.4 Å². The lowest BCUT2D eigenvalue weighted by Crippen LogP contribution is -2.49. The molecule has 0 radical (unpaired) electrons. The molecule has 2 aliphatic rings. The number of anilines is 1. The molecule has 0 unspecified atom stereocenters. The predicted molar refractivity (Wildman–Crippen MR) is 154 cm³/mol. The molecule has 3 aromatic heterocycles. The van der Waals surface area contributed by atoms with Gasteiger partial charge in [0.1, 0.15) is 23.5 Å². The molecule has 42 heavy (non-hydrogen) atoms. The fourth-order valence-corrected chi connectivity index (χ4v) is 6.42. The lowest BCUT2D eigenvalue weighted by molar-refractivity contribution is -0.137. The summed E-state index contributed by atoms with van der Waals surface area (Å²) in [6, 6.07) is 11.8. The third-order valence-electron chi connectivity index (χ3n) is 8.82. The zero-order valence-electron chi connectivity index (χ0n) is 23.2. The van der Waals surface area contributed by atoms with Gasteiger partial charge in [-0.3, -0.25) is 4.90 Å². The van der Waals surface area contributed by atoms with Crippen molar-refractivity contribution < 1.29 is 17.7 Å². The molecular formula is C30H31F3N8O. The van der Waals surface area contributed by atoms with Crippen LogP contribution >= 0.6 is 0 Å². The summed E-state index contributed by atoms with van der Waals surface area (Å²) in [7, 11) is 2.18. The lowest BCUT2D eigenvalue weighted by atomic mass is 9.90. The SMILES string of the molecule is CN1CCN(C2CCC(n3nc(-c4ccc(-c5noc6cc(C(F)(F)F)ccc56)cc4)c4c(N)ncnc43)CC2)CC1. The third-order valence-corrected chi connectivity index (χ3v) is 8.82. The molecule has 218 valence electrons. The normalized spacial score (nSPS) is 21.0. The van der Waals surface area contributed by atoms with Gasteiger partial charge in [-0.25, -0.2) is 14.6 Å². The van der Waals surface area contributed by atoms with Crippen LogP contribution in [0.1, 0.15) is 37.3 Å². The van der Waals surface area contributed by atoms with Crippen molar-refractivity contribution >= 4 is 27.8 Å². The molecule has 0 bridgehead atoms. The summed E-state index contributed by atoms with van der Waals surface area (Å²) in [4.78, 5) is 13.9. The Morgan fingerprint density at radius 2 is 1.52 bits per heavy atom. The third kappa shape index (κ3) is 4.78. The van der Waals surface area contributed by atoms with E-state index in [9.17, 15) is 13.2 Å². The maximum atomic E-state index is 13.1. The Morgan fingerprint density at radius 3 is 2.21 bits per heavy atom. The lowest BCUT2D eigenvalue weighted by Gasteiger charge is -2.41. The van der Waals surface area contributed by atoms with Gasteiger partial charge in [0.15, 0.2) is 11.2 Å². The summed E-state index contributed by atoms with van der Waals surface area (Å²) in [6.45, 7) is 4.49. The number of alkyl halides is 3. The van der Waals surface area contributed by atoms with Gasteiger partial charge in [-0.15, -0.1) is 0 Å². The second-order valence-electron chi connectivity index (χ2n) is 11.4. The molecule has 2 fully saturated rings. The molecule has 1 aliphatic heterocycles. The maximum absolute atomic E-state index is 13.1. The number of hydrogen-bond acceptors (Lipinski definition) is 8. The molecule has 1 saturated carbocycles. The molecule has 2 aromatic carbocycles. The average molecular weight is 577 g/mol. The van der Waals surface area contributed by atoms with E-state index >= 15 is 0 Å². The Morgan fingerprint density at radius 1 is 0.857 bits per heavy atom. The fourth-order valence-electron chi connectivity index (χ4n) is 6.42. The van der Waals surface area contributed by atoms with Crippen molar-refractivity contribution in [2.45, 2.75) is 43.9 Å². The van der Waals surface area contributed by atoms with E-state index in [4.69, 9.17) is 15.4 Å². The van der Waals surface area contributed by atoms with Crippen molar-refractivity contribution in [1.82, 2.24) is 34.7 Å². The Bertz CT molecular complexity index is 1730. The van der Waals surface area contributed by atoms with Crippen LogP contribution in [0.25, 0.3) is 44.5 Å². The van der Waals surface area contributed by atoms with Crippen molar-refractivity contribution in [3.8, 4) is 22.5 Å². The molecule has 0 spiro atoms. The standard InChI is InChI=1S/C30H31F3N8O/c1-39-12-14-40(15-13-39)21-7-9-22(10-8-21)41-29-25(28(34)35-17-36-29)27(37-41)19-4-2-18(3-5-19)26-23-11-6-20(30(31,32)33)16-24(23)42-38-26/h2-6,11,16-17,21-22H,7-10,12-15H2,1H3,(H2,34,35,36). The quantitative estimate of drug-likeness (QED) is 0.294. The van der Waals surface area contributed by atoms with Crippen LogP contribution < -0.4 is 5.73 Å². The Balaban J connectivity index is 1.16. The molecule has 1 aliphatic carbocycles. The van der Waals surface area contributed by atoms with Crippen LogP contribution in [0, 0.1) is 0 Å². The smallest absolute Gasteiger partial charge is 0.383 e. The zero-order valence-corrected chi connectivity index (χ0v) is 23.2. The van der Waals surface area contributed by atoms with Gasteiger partial charge in [0.2, 0.25) is 0 Å². The topological polar surface area (TPSA) is 102 Å². The van der Waals surface area contributed by atoms with Gasteiger partial charge in [-0.05, 0) is 50.9 Å². The summed E-state index contributed by atoms with van der Waals surface area (Å²) in [5.74, 6) is 0.374. The molecule has 4 heterocycles. The van der Waals surface area contributed by atoms with Crippen molar-refractivity contribution in [2.75, 3.05) is 39.0 Å². The largest absolute Gasteiger partial charge is 0.416 e. The summed E-state index contributed by atoms with van der Waals surface area (Å²) in [5, 5.41) is 10.3. The highest BCUT2D eigenvalue weighted by Gasteiger charge is 2.32. The molecule has 0 amide bonds. The summed E-state index contributed by atoms with van der Waals surface area (Å²) in [5.41, 5.74) is 9.13. The molecular weight excluding hydrogens is 545 g/mol. The van der Waals surface area contributed by atoms with Crippen molar-refractivity contribution in [3.05, 3.63) is 54.4 Å². The summed E-state index contributed by atoms with van der Waals surface area (Å²) >= 11 is 0. The number of nitrogen functional groups attached to an aromatic ring is 1. The number of fused-ring (bicyclic) bond motifs is 2. The minimum Gasteiger partial charge on any atom is -0.383 e. The van der Waals surface area contributed by atoms with Crippen LogP contribution in [-0.4, -0.2) is 74.0 Å². The van der Waals surface area contributed by atoms with Gasteiger partial charge in [0, 0.05) is 48.7 Å². The van der Waals surface area contributed by atoms with Gasteiger partial charge in [-0.1, -0.05) is 29.4 Å². The number of nitrogens with zero attached hydrogens (tertiary/aromatic N) is 7. The zero-order chi connectivity index (χ0) is 29.0. The van der Waals surface area contributed by atoms with Gasteiger partial charge >= 0.3 is 6.18 Å². The number of aromatic nitrogens is 5. The average Bonchev–Trinajstić information content (AvgIpc) is 3.60. The maximum Gasteiger partial charge on any atom is 0.416 e. The number of rotatable bonds is 4. The summed E-state index contributed by atoms with van der Waals surface area (Å²) < 4.78 is 46.7. The first kappa shape index (κ1) is 26.8. The fraction of sp³-hybridized carbons (Fsp3) is 0.400. The number of likely N-dealkylation sites (N-methyl/N-ethyl adjacent to an activating group) is 1. The van der Waals surface area contributed by atoms with Crippen LogP contribution in [-0.2, 0) is 6.18 Å². The highest BCUT2D eigenvalue weighted by Crippen LogP contribution is 2.39. The van der Waals surface area contributed by atoms with Crippen LogP contribution in [0.4, 0.5) is 19.0 Å². The van der Waals surface area contributed by atoms with Gasteiger partial charge < -0.3 is 15.2 Å². The monoisotopic (exact) mass is 576 g/mol. The van der Waals surface area contributed by atoms with Crippen molar-refractivity contribution in [1.29, 1.82) is 0 Å². The van der Waals surface area contributed by atoms with Crippen molar-refractivity contribution in [2.24, 2.45) is 0 Å². The van der Waals surface area contributed by atoms with E-state index in [1.54, 1.807) is 0 Å². The highest BCUT2D eigenvalue weighted by molar-refractivity contribution is 5.99. The van der Waals surface area contributed by atoms with E-state index in [0.29, 0.717) is 34.2 Å². The van der Waals surface area contributed by atoms with E-state index < -0.39 is 11.7 Å². The Kier molecular flexibility index (Phi) is 6.62. The Hall–Kier alpha value is -4.03. The first-order valence-electron chi connectivity index (χ1n) is 14.2. The van der Waals surface area contributed by atoms with E-state index in [2.05, 4.69) is 32.0 Å². The molecule has 1 saturated heterocycles. The first-order valence-corrected chi connectivity index (χ1v) is 14.2. The highest BCUT2D eigenvalue weighted by atomic mass is 19.4. The van der Waals surface area contributed by atoms with E-state index in [0.717, 1.165) is 80.6 Å². The molecule has 0 atom stereocenters. The predicted octanol–water partition coefficient (Wildman–Crippen LogP) is 5.63. The van der Waals surface area contributed by atoms with Crippen LogP contribution in [0.5, 0.6) is 0 Å². The van der Waals surface area contributed by atoms with Gasteiger partial charge in [0.25, 0.3) is 0 Å². The second-order valence-corrected chi connectivity index (χ2v) is 11.4. The number of benzene rings is 2. The van der Waals surface area contributed by atoms with E-state index in [1.807, 2.05) is 28.9 Å². The second kappa shape index (κ2) is 10.4. The number of hydrogen-bond donors (Lipinski definition) is 1. The minimum absolute atomic E-state index is 0.0842. The van der Waals surface area contributed by atoms with Crippen LogP contribution in [0.3, 0.4) is 0 Å². The molecule has 5 aromatic rings. The number of piperazine rings is 1.